The number of unbranched alkanes of at least 4 members (excludes halogenated alkanes) is 1. The van der Waals surface area contributed by atoms with Crippen LogP contribution in [0.1, 0.15) is 39.0 Å². The van der Waals surface area contributed by atoms with Crippen LogP contribution in [0, 0.1) is 0 Å². The third-order valence-electron chi connectivity index (χ3n) is 2.29. The Labute approximate surface area is 123 Å². The molecule has 20 heavy (non-hydrogen) atoms. The molecule has 7 heteroatoms. The molecule has 0 bridgehead atoms. The molecule has 0 saturated heterocycles. The molecule has 0 heterocycles. The maximum atomic E-state index is 11.3. The zero-order valence-electron chi connectivity index (χ0n) is 11.9. The normalized spacial score (nSPS) is 10.8. The van der Waals surface area contributed by atoms with E-state index in [2.05, 4.69) is 0 Å². The van der Waals surface area contributed by atoms with Gasteiger partial charge in [0.1, 0.15) is 5.78 Å². The van der Waals surface area contributed by atoms with Gasteiger partial charge in [0.15, 0.2) is 0 Å². The third-order valence-corrected chi connectivity index (χ3v) is 3.28. The van der Waals surface area contributed by atoms with E-state index < -0.39 is 19.6 Å². The van der Waals surface area contributed by atoms with Crippen molar-refractivity contribution in [2.45, 2.75) is 50.2 Å². The Kier molecular flexibility index (Phi) is 11.1. The van der Waals surface area contributed by atoms with Crippen molar-refractivity contribution in [1.29, 1.82) is 0 Å². The summed E-state index contributed by atoms with van der Waals surface area (Å²) in [6.07, 6.45) is 2.14. The van der Waals surface area contributed by atoms with Crippen molar-refractivity contribution in [2.24, 2.45) is 0 Å². The van der Waals surface area contributed by atoms with Crippen LogP contribution in [0.3, 0.4) is 0 Å². The number of esters is 2. The summed E-state index contributed by atoms with van der Waals surface area (Å²) in [7, 11) is 0. The third kappa shape index (κ3) is 13.4. The van der Waals surface area contributed by atoms with Crippen LogP contribution >= 0.6 is 0 Å². The Balaban J connectivity index is 3.45. The minimum absolute atomic E-state index is 0.0122. The molecule has 0 atom stereocenters. The van der Waals surface area contributed by atoms with Gasteiger partial charge >= 0.3 is 105 Å². The van der Waals surface area contributed by atoms with E-state index in [1.807, 2.05) is 0 Å². The topological polar surface area (TPSA) is 86.7 Å². The van der Waals surface area contributed by atoms with Gasteiger partial charge in [-0.15, -0.1) is 0 Å². The molecule has 0 aliphatic heterocycles. The van der Waals surface area contributed by atoms with Gasteiger partial charge in [-0.25, -0.2) is 0 Å². The summed E-state index contributed by atoms with van der Waals surface area (Å²) in [5.74, 6) is 0.862. The first-order valence-electron chi connectivity index (χ1n) is 6.36. The van der Waals surface area contributed by atoms with E-state index in [-0.39, 0.29) is 37.8 Å². The Bertz CT molecular complexity index is 353. The number of ether oxygens (including phenoxy) is 2. The molecule has 0 aromatic rings. The number of carbonyl (C=O) groups is 3. The van der Waals surface area contributed by atoms with Gasteiger partial charge in [0.2, 0.25) is 0 Å². The molecule has 119 valence electrons. The van der Waals surface area contributed by atoms with Crippen LogP contribution < -0.4 is 0 Å². The first-order chi connectivity index (χ1) is 9.41. The fraction of sp³-hybridized carbons (Fsp3) is 0.769. The Morgan fingerprint density at radius 3 is 1.90 bits per heavy atom. The standard InChI is InChI=1S/C12H19O5.CH3.Co.O/c1-3-11(14)16-8-9-17-12(15)7-5-4-6-10(2)13;;;/h1,3-9H2,2H3;1H3;;. The van der Waals surface area contributed by atoms with Crippen LogP contribution in [-0.4, -0.2) is 30.9 Å². The summed E-state index contributed by atoms with van der Waals surface area (Å²) in [5.41, 5.74) is 0. The van der Waals surface area contributed by atoms with Gasteiger partial charge in [0.05, 0.1) is 0 Å². The summed E-state index contributed by atoms with van der Waals surface area (Å²) in [5, 5.41) is 0.307. The monoisotopic (exact) mass is 333 g/mol. The average molecular weight is 333 g/mol. The first-order valence-corrected chi connectivity index (χ1v) is 8.57. The van der Waals surface area contributed by atoms with E-state index >= 15 is 0 Å². The number of hydrogen-bond acceptors (Lipinski definition) is 6. The molecule has 0 aliphatic carbocycles. The molecule has 0 spiro atoms. The quantitative estimate of drug-likeness (QED) is 0.425. The van der Waals surface area contributed by atoms with Crippen LogP contribution in [0.15, 0.2) is 0 Å². The van der Waals surface area contributed by atoms with E-state index in [0.29, 0.717) is 24.6 Å². The van der Waals surface area contributed by atoms with E-state index in [4.69, 9.17) is 9.47 Å². The molecule has 6 nitrogen and oxygen atoms in total. The van der Waals surface area contributed by atoms with Gasteiger partial charge < -0.3 is 4.79 Å². The summed E-state index contributed by atoms with van der Waals surface area (Å²) >= 11 is -1.32. The maximum absolute atomic E-state index is 11.3. The van der Waals surface area contributed by atoms with Gasteiger partial charge in [0, 0.05) is 0 Å². The Morgan fingerprint density at radius 1 is 0.900 bits per heavy atom. The molecular weight excluding hydrogens is 311 g/mol. The number of rotatable bonds is 11. The van der Waals surface area contributed by atoms with Crippen molar-refractivity contribution < 1.29 is 41.3 Å². The SMILES string of the molecule is CC(=O)CCCCC(=O)OCCOC(=O)C[CH2][Co]([CH3])=[O]. The van der Waals surface area contributed by atoms with Gasteiger partial charge in [-0.1, -0.05) is 0 Å². The summed E-state index contributed by atoms with van der Waals surface area (Å²) in [6.45, 7) is 1.55. The molecule has 0 aromatic heterocycles. The molecule has 0 saturated carbocycles. The van der Waals surface area contributed by atoms with Gasteiger partial charge in [-0.2, -0.15) is 0 Å². The number of hydrogen-bond donors (Lipinski definition) is 0. The zero-order chi connectivity index (χ0) is 15.4. The summed E-state index contributed by atoms with van der Waals surface area (Å²) in [6, 6.07) is 0. The molecule has 0 rings (SSSR count). The van der Waals surface area contributed by atoms with E-state index in [0.717, 1.165) is 0 Å². The Hall–Kier alpha value is -1.08. The Morgan fingerprint density at radius 2 is 1.40 bits per heavy atom. The van der Waals surface area contributed by atoms with Crippen LogP contribution in [0.4, 0.5) is 0 Å². The van der Waals surface area contributed by atoms with E-state index in [9.17, 15) is 18.2 Å². The predicted octanol–water partition coefficient (Wildman–Crippen LogP) is 2.04. The van der Waals surface area contributed by atoms with Crippen molar-refractivity contribution >= 4 is 17.7 Å². The summed E-state index contributed by atoms with van der Waals surface area (Å²) < 4.78 is 20.5. The van der Waals surface area contributed by atoms with Crippen LogP contribution in [-0.2, 0) is 41.3 Å². The van der Waals surface area contributed by atoms with E-state index in [1.165, 1.54) is 6.92 Å². The average Bonchev–Trinajstić information content (AvgIpc) is 2.37. The molecule has 0 unspecified atom stereocenters. The minimum atomic E-state index is -1.32. The number of ketones is 1. The molecule has 0 aromatic carbocycles. The molecule has 0 aliphatic rings. The number of carbonyl (C=O) groups excluding carboxylic acids is 3. The van der Waals surface area contributed by atoms with Crippen molar-refractivity contribution in [2.75, 3.05) is 13.2 Å². The van der Waals surface area contributed by atoms with Gasteiger partial charge in [-0.05, 0) is 6.92 Å². The molecule has 0 amide bonds. The van der Waals surface area contributed by atoms with Crippen molar-refractivity contribution in [1.82, 2.24) is 0 Å². The predicted molar refractivity (Wildman–Crippen MR) is 67.0 cm³/mol. The molecular formula is C13H22CoO6. The molecule has 0 fully saturated rings. The van der Waals surface area contributed by atoms with Gasteiger partial charge in [0.25, 0.3) is 0 Å². The molecule has 0 N–H and O–H groups in total. The fourth-order valence-electron chi connectivity index (χ4n) is 1.28. The zero-order valence-corrected chi connectivity index (χ0v) is 13.0. The second kappa shape index (κ2) is 11.7. The van der Waals surface area contributed by atoms with Crippen LogP contribution in [0.2, 0.25) is 11.2 Å². The van der Waals surface area contributed by atoms with Crippen LogP contribution in [0.5, 0.6) is 0 Å². The second-order valence-electron chi connectivity index (χ2n) is 4.23. The summed E-state index contributed by atoms with van der Waals surface area (Å²) in [4.78, 5) is 33.1. The number of Topliss-reactive ketones (excluding diaryl/α,β-unsaturated/α-hetero) is 1. The van der Waals surface area contributed by atoms with Crippen molar-refractivity contribution in [3.8, 4) is 0 Å². The van der Waals surface area contributed by atoms with E-state index in [1.54, 1.807) is 5.86 Å². The van der Waals surface area contributed by atoms with Crippen LogP contribution in [0.25, 0.3) is 0 Å². The first kappa shape index (κ1) is 18.9. The fourth-order valence-corrected chi connectivity index (χ4v) is 1.86. The van der Waals surface area contributed by atoms with Gasteiger partial charge in [-0.3, -0.25) is 0 Å². The second-order valence-corrected chi connectivity index (χ2v) is 6.22. The molecule has 0 radical (unpaired) electrons. The van der Waals surface area contributed by atoms with Crippen molar-refractivity contribution in [3.63, 3.8) is 0 Å². The van der Waals surface area contributed by atoms with Crippen molar-refractivity contribution in [3.05, 3.63) is 0 Å².